The van der Waals surface area contributed by atoms with Gasteiger partial charge in [0.15, 0.2) is 0 Å². The smallest absolute Gasteiger partial charge is 0.443 e. The monoisotopic (exact) mass is 218 g/mol. The second-order valence-corrected chi connectivity index (χ2v) is 2.86. The van der Waals surface area contributed by atoms with Gasteiger partial charge in [0, 0.05) is 4.88 Å². The standard InChI is InChI=1S/C5H3BF3OS.K/c7-6(8,9)5(10)4-2-1-3-11-4;/h1-3H;/q-1;+1. The first-order chi connectivity index (χ1) is 5.02. The van der Waals surface area contributed by atoms with Crippen LogP contribution in [0.15, 0.2) is 17.5 Å². The van der Waals surface area contributed by atoms with E-state index in [1.54, 1.807) is 0 Å². The molecule has 0 fully saturated rings. The van der Waals surface area contributed by atoms with Crippen LogP contribution in [0.4, 0.5) is 12.9 Å². The van der Waals surface area contributed by atoms with E-state index in [1.807, 2.05) is 0 Å². The van der Waals surface area contributed by atoms with Gasteiger partial charge in [-0.05, 0) is 11.4 Å². The van der Waals surface area contributed by atoms with Crippen molar-refractivity contribution in [3.8, 4) is 0 Å². The minimum Gasteiger partial charge on any atom is -0.443 e. The van der Waals surface area contributed by atoms with Crippen LogP contribution in [-0.4, -0.2) is 12.7 Å². The topological polar surface area (TPSA) is 17.1 Å². The van der Waals surface area contributed by atoms with E-state index in [9.17, 15) is 17.7 Å². The molecule has 1 rings (SSSR count). The Labute approximate surface area is 114 Å². The second-order valence-electron chi connectivity index (χ2n) is 1.92. The van der Waals surface area contributed by atoms with Gasteiger partial charge in [-0.15, -0.1) is 11.3 Å². The summed E-state index contributed by atoms with van der Waals surface area (Å²) in [6, 6.07) is 2.59. The Kier molecular flexibility index (Phi) is 5.27. The van der Waals surface area contributed by atoms with E-state index in [1.165, 1.54) is 17.5 Å². The fourth-order valence-corrected chi connectivity index (χ4v) is 1.29. The average Bonchev–Trinajstić information content (AvgIpc) is 2.34. The summed E-state index contributed by atoms with van der Waals surface area (Å²) in [6.45, 7) is -5.35. The van der Waals surface area contributed by atoms with Crippen molar-refractivity contribution in [3.63, 3.8) is 0 Å². The van der Waals surface area contributed by atoms with Crippen LogP contribution in [0.25, 0.3) is 0 Å². The summed E-state index contributed by atoms with van der Waals surface area (Å²) in [5.74, 6) is 0. The molecular weight excluding hydrogens is 215 g/mol. The van der Waals surface area contributed by atoms with Gasteiger partial charge in [0.05, 0.1) is 0 Å². The van der Waals surface area contributed by atoms with Crippen LogP contribution in [-0.2, 0) is 0 Å². The molecule has 0 aromatic carbocycles. The summed E-state index contributed by atoms with van der Waals surface area (Å²) in [4.78, 5) is 10.2. The Morgan fingerprint density at radius 1 is 1.42 bits per heavy atom. The number of hydrogen-bond donors (Lipinski definition) is 0. The number of carbonyl (C=O) groups is 1. The average molecular weight is 218 g/mol. The van der Waals surface area contributed by atoms with Crippen LogP contribution in [0, 0.1) is 0 Å². The largest absolute Gasteiger partial charge is 1.00 e. The third-order valence-electron chi connectivity index (χ3n) is 1.06. The molecule has 1 nitrogen and oxygen atoms in total. The maximum absolute atomic E-state index is 11.7. The molecule has 0 spiro atoms. The minimum atomic E-state index is -5.35. The summed E-state index contributed by atoms with van der Waals surface area (Å²) in [7, 11) is 0. The normalized spacial score (nSPS) is 10.6. The molecule has 1 aromatic heterocycles. The van der Waals surface area contributed by atoms with Crippen molar-refractivity contribution in [2.45, 2.75) is 0 Å². The zero-order chi connectivity index (χ0) is 8.48. The number of hydrogen-bond acceptors (Lipinski definition) is 2. The van der Waals surface area contributed by atoms with Crippen LogP contribution >= 0.6 is 11.3 Å². The van der Waals surface area contributed by atoms with Crippen molar-refractivity contribution in [1.82, 2.24) is 0 Å². The van der Waals surface area contributed by atoms with Gasteiger partial charge in [-0.2, -0.15) is 0 Å². The maximum Gasteiger partial charge on any atom is 1.00 e. The number of thiophene rings is 1. The van der Waals surface area contributed by atoms with Crippen LogP contribution in [0.5, 0.6) is 0 Å². The van der Waals surface area contributed by atoms with E-state index in [0.717, 1.165) is 11.3 Å². The molecule has 0 saturated carbocycles. The van der Waals surface area contributed by atoms with Gasteiger partial charge < -0.3 is 17.7 Å². The molecular formula is C5H3BF3KOS. The molecule has 0 saturated heterocycles. The molecule has 0 amide bonds. The van der Waals surface area contributed by atoms with Crippen LogP contribution in [0.3, 0.4) is 0 Å². The predicted molar refractivity (Wildman–Crippen MR) is 37.7 cm³/mol. The molecule has 0 aliphatic rings. The van der Waals surface area contributed by atoms with Crippen molar-refractivity contribution >= 4 is 24.0 Å². The SMILES string of the molecule is O=C(c1cccs1)[B-](F)(F)F.[K+]. The van der Waals surface area contributed by atoms with Gasteiger partial charge in [0.1, 0.15) is 5.68 Å². The third kappa shape index (κ3) is 3.31. The van der Waals surface area contributed by atoms with Crippen molar-refractivity contribution in [3.05, 3.63) is 22.4 Å². The molecule has 0 N–H and O–H groups in total. The van der Waals surface area contributed by atoms with Crippen molar-refractivity contribution in [2.24, 2.45) is 0 Å². The third-order valence-corrected chi connectivity index (χ3v) is 1.95. The summed E-state index contributed by atoms with van der Waals surface area (Å²) in [6.07, 6.45) is 0. The van der Waals surface area contributed by atoms with Gasteiger partial charge in [0.2, 0.25) is 0 Å². The Morgan fingerprint density at radius 2 is 2.00 bits per heavy atom. The Balaban J connectivity index is 0.00000121. The molecule has 0 aliphatic heterocycles. The fraction of sp³-hybridized carbons (Fsp3) is 0. The Bertz CT molecular complexity index is 258. The fourth-order valence-electron chi connectivity index (χ4n) is 0.580. The van der Waals surface area contributed by atoms with Gasteiger partial charge in [-0.1, -0.05) is 6.07 Å². The van der Waals surface area contributed by atoms with Gasteiger partial charge in [-0.3, -0.25) is 0 Å². The van der Waals surface area contributed by atoms with E-state index < -0.39 is 12.7 Å². The van der Waals surface area contributed by atoms with Crippen molar-refractivity contribution < 1.29 is 69.1 Å². The molecule has 0 unspecified atom stereocenters. The van der Waals surface area contributed by atoms with E-state index >= 15 is 0 Å². The first-order valence-electron chi connectivity index (χ1n) is 2.79. The quantitative estimate of drug-likeness (QED) is 0.601. The zero-order valence-corrected chi connectivity index (χ0v) is 10.2. The van der Waals surface area contributed by atoms with Gasteiger partial charge in [-0.25, -0.2) is 0 Å². The van der Waals surface area contributed by atoms with E-state index in [2.05, 4.69) is 0 Å². The van der Waals surface area contributed by atoms with Crippen LogP contribution in [0.1, 0.15) is 9.67 Å². The zero-order valence-electron chi connectivity index (χ0n) is 6.26. The molecule has 7 heteroatoms. The number of rotatable bonds is 2. The van der Waals surface area contributed by atoms with Gasteiger partial charge >= 0.3 is 58.4 Å². The first kappa shape index (κ1) is 12.9. The van der Waals surface area contributed by atoms with Crippen molar-refractivity contribution in [2.75, 3.05) is 0 Å². The van der Waals surface area contributed by atoms with Gasteiger partial charge in [0.25, 0.3) is 0 Å². The minimum absolute atomic E-state index is 0. The molecule has 0 bridgehead atoms. The molecule has 12 heavy (non-hydrogen) atoms. The molecule has 0 aliphatic carbocycles. The second kappa shape index (κ2) is 4.92. The maximum atomic E-state index is 11.7. The number of halogens is 3. The molecule has 0 atom stereocenters. The number of carbonyl (C=O) groups excluding carboxylic acids is 1. The Morgan fingerprint density at radius 3 is 2.33 bits per heavy atom. The van der Waals surface area contributed by atoms with E-state index in [4.69, 9.17) is 0 Å². The first-order valence-corrected chi connectivity index (χ1v) is 3.67. The van der Waals surface area contributed by atoms with Crippen LogP contribution < -0.4 is 51.4 Å². The van der Waals surface area contributed by atoms with Crippen LogP contribution in [0.2, 0.25) is 0 Å². The summed E-state index contributed by atoms with van der Waals surface area (Å²) < 4.78 is 35.2. The summed E-state index contributed by atoms with van der Waals surface area (Å²) in [5, 5.41) is 1.44. The molecule has 1 aromatic rings. The molecule has 1 heterocycles. The van der Waals surface area contributed by atoms with Crippen molar-refractivity contribution in [1.29, 1.82) is 0 Å². The Hall–Kier alpha value is 0.861. The molecule has 60 valence electrons. The summed E-state index contributed by atoms with van der Waals surface area (Å²) in [5.41, 5.74) is -1.71. The predicted octanol–water partition coefficient (Wildman–Crippen LogP) is -0.679. The van der Waals surface area contributed by atoms with E-state index in [0.29, 0.717) is 0 Å². The van der Waals surface area contributed by atoms with E-state index in [-0.39, 0.29) is 56.3 Å². The molecule has 0 radical (unpaired) electrons. The summed E-state index contributed by atoms with van der Waals surface area (Å²) >= 11 is 0.804.